The van der Waals surface area contributed by atoms with Gasteiger partial charge in [-0.05, 0) is 67.2 Å². The van der Waals surface area contributed by atoms with E-state index in [1.807, 2.05) is 6.92 Å². The Labute approximate surface area is 149 Å². The molecular weight excluding hydrogens is 343 g/mol. The highest BCUT2D eigenvalue weighted by Gasteiger charge is 2.31. The van der Waals surface area contributed by atoms with E-state index >= 15 is 0 Å². The Morgan fingerprint density at radius 3 is 2.64 bits per heavy atom. The van der Waals surface area contributed by atoms with E-state index in [1.165, 1.54) is 35.2 Å². The number of aromatic hydroxyl groups is 1. The van der Waals surface area contributed by atoms with Gasteiger partial charge in [-0.15, -0.1) is 0 Å². The molecule has 2 N–H and O–H groups in total. The van der Waals surface area contributed by atoms with Gasteiger partial charge in [0, 0.05) is 0 Å². The van der Waals surface area contributed by atoms with Crippen molar-refractivity contribution < 1.29 is 19.0 Å². The molecule has 2 aromatic rings. The number of halogens is 1. The Morgan fingerprint density at radius 2 is 2.00 bits per heavy atom. The number of anilines is 1. The summed E-state index contributed by atoms with van der Waals surface area (Å²) in [6.45, 7) is 2.26. The standard InChI is InChI=1S/C18H15FN2O3S/c1-2-24-16-8-3-11(10-15(16)22)9-14-17(23)21(18(25)20-14)13-6-4-12(19)5-7-13/h3-10,22H,2H2,1H3,(H,20,25). The number of thiocarbonyl (C=S) groups is 1. The average Bonchev–Trinajstić information content (AvgIpc) is 2.85. The van der Waals surface area contributed by atoms with Crippen molar-refractivity contribution in [3.8, 4) is 11.5 Å². The molecule has 0 bridgehead atoms. The topological polar surface area (TPSA) is 61.8 Å². The van der Waals surface area contributed by atoms with Crippen LogP contribution < -0.4 is 15.0 Å². The van der Waals surface area contributed by atoms with Gasteiger partial charge in [0.05, 0.1) is 12.3 Å². The Balaban J connectivity index is 1.87. The molecule has 0 radical (unpaired) electrons. The maximum absolute atomic E-state index is 13.1. The molecule has 0 aromatic heterocycles. The number of carbonyl (C=O) groups excluding carboxylic acids is 1. The summed E-state index contributed by atoms with van der Waals surface area (Å²) in [6.07, 6.45) is 1.58. The maximum Gasteiger partial charge on any atom is 0.281 e. The second-order valence-corrected chi connectivity index (χ2v) is 5.65. The second-order valence-electron chi connectivity index (χ2n) is 5.27. The van der Waals surface area contributed by atoms with E-state index in [0.717, 1.165) is 0 Å². The summed E-state index contributed by atoms with van der Waals surface area (Å²) in [7, 11) is 0. The average molecular weight is 358 g/mol. The van der Waals surface area contributed by atoms with E-state index < -0.39 is 5.82 Å². The zero-order valence-corrected chi connectivity index (χ0v) is 14.1. The Morgan fingerprint density at radius 1 is 1.28 bits per heavy atom. The van der Waals surface area contributed by atoms with Gasteiger partial charge in [0.2, 0.25) is 0 Å². The summed E-state index contributed by atoms with van der Waals surface area (Å²) in [5, 5.41) is 13.0. The van der Waals surface area contributed by atoms with E-state index in [2.05, 4.69) is 5.32 Å². The third-order valence-corrected chi connectivity index (χ3v) is 3.84. The summed E-state index contributed by atoms with van der Waals surface area (Å²) in [6, 6.07) is 10.3. The molecule has 0 spiro atoms. The lowest BCUT2D eigenvalue weighted by atomic mass is 10.1. The smallest absolute Gasteiger partial charge is 0.281 e. The van der Waals surface area contributed by atoms with Crippen LogP contribution in [0, 0.1) is 5.82 Å². The molecule has 3 rings (SSSR count). The fraction of sp³-hybridized carbons (Fsp3) is 0.111. The van der Waals surface area contributed by atoms with Crippen molar-refractivity contribution in [1.29, 1.82) is 0 Å². The van der Waals surface area contributed by atoms with Gasteiger partial charge in [0.1, 0.15) is 11.5 Å². The van der Waals surface area contributed by atoms with Crippen LogP contribution in [-0.2, 0) is 4.79 Å². The Hall–Kier alpha value is -2.93. The van der Waals surface area contributed by atoms with Gasteiger partial charge < -0.3 is 15.2 Å². The lowest BCUT2D eigenvalue weighted by molar-refractivity contribution is -0.113. The third kappa shape index (κ3) is 3.46. The molecule has 128 valence electrons. The molecule has 0 aliphatic carbocycles. The number of nitrogens with one attached hydrogen (secondary N) is 1. The SMILES string of the molecule is CCOc1ccc(C=C2NC(=S)N(c3ccc(F)cc3)C2=O)cc1O. The van der Waals surface area contributed by atoms with Crippen LogP contribution in [0.5, 0.6) is 11.5 Å². The van der Waals surface area contributed by atoms with E-state index in [9.17, 15) is 14.3 Å². The van der Waals surface area contributed by atoms with Gasteiger partial charge in [0.15, 0.2) is 16.6 Å². The highest BCUT2D eigenvalue weighted by atomic mass is 32.1. The first kappa shape index (κ1) is 16.9. The minimum atomic E-state index is -0.394. The molecule has 25 heavy (non-hydrogen) atoms. The van der Waals surface area contributed by atoms with E-state index in [0.29, 0.717) is 23.6 Å². The fourth-order valence-corrected chi connectivity index (χ4v) is 2.73. The third-order valence-electron chi connectivity index (χ3n) is 3.56. The van der Waals surface area contributed by atoms with Crippen molar-refractivity contribution in [3.05, 3.63) is 59.5 Å². The van der Waals surface area contributed by atoms with Crippen molar-refractivity contribution in [2.24, 2.45) is 0 Å². The molecule has 1 fully saturated rings. The number of amides is 1. The maximum atomic E-state index is 13.1. The van der Waals surface area contributed by atoms with Crippen molar-refractivity contribution in [1.82, 2.24) is 5.32 Å². The van der Waals surface area contributed by atoms with Crippen molar-refractivity contribution >= 4 is 35.0 Å². The first-order chi connectivity index (χ1) is 12.0. The van der Waals surface area contributed by atoms with Crippen LogP contribution in [0.4, 0.5) is 10.1 Å². The first-order valence-electron chi connectivity index (χ1n) is 7.58. The number of ether oxygens (including phenoxy) is 1. The number of phenolic OH excluding ortho intramolecular Hbond substituents is 1. The predicted octanol–water partition coefficient (Wildman–Crippen LogP) is 3.19. The van der Waals surface area contributed by atoms with Crippen LogP contribution in [0.3, 0.4) is 0 Å². The van der Waals surface area contributed by atoms with E-state index in [-0.39, 0.29) is 22.5 Å². The number of benzene rings is 2. The van der Waals surface area contributed by atoms with Crippen LogP contribution in [0.15, 0.2) is 48.2 Å². The lowest BCUT2D eigenvalue weighted by Crippen LogP contribution is -2.30. The number of nitrogens with zero attached hydrogens (tertiary/aromatic N) is 1. The Kier molecular flexibility index (Phi) is 4.67. The molecular formula is C18H15FN2O3S. The lowest BCUT2D eigenvalue weighted by Gasteiger charge is -2.13. The van der Waals surface area contributed by atoms with Crippen LogP contribution in [0.25, 0.3) is 6.08 Å². The highest BCUT2D eigenvalue weighted by Crippen LogP contribution is 2.28. The molecule has 1 heterocycles. The largest absolute Gasteiger partial charge is 0.504 e. The van der Waals surface area contributed by atoms with Gasteiger partial charge in [-0.1, -0.05) is 6.07 Å². The quantitative estimate of drug-likeness (QED) is 0.649. The zero-order chi connectivity index (χ0) is 18.0. The van der Waals surface area contributed by atoms with Gasteiger partial charge in [-0.25, -0.2) is 4.39 Å². The van der Waals surface area contributed by atoms with E-state index in [1.54, 1.807) is 18.2 Å². The highest BCUT2D eigenvalue weighted by molar-refractivity contribution is 7.80. The number of phenols is 1. The summed E-state index contributed by atoms with van der Waals surface area (Å²) in [5.41, 5.74) is 1.35. The number of rotatable bonds is 4. The van der Waals surface area contributed by atoms with Gasteiger partial charge in [-0.2, -0.15) is 0 Å². The number of carbonyl (C=O) groups is 1. The molecule has 0 atom stereocenters. The predicted molar refractivity (Wildman–Crippen MR) is 96.9 cm³/mol. The first-order valence-corrected chi connectivity index (χ1v) is 7.99. The number of hydrogen-bond donors (Lipinski definition) is 2. The molecule has 0 saturated carbocycles. The molecule has 2 aromatic carbocycles. The second kappa shape index (κ2) is 6.90. The molecule has 7 heteroatoms. The van der Waals surface area contributed by atoms with Crippen molar-refractivity contribution in [2.75, 3.05) is 11.5 Å². The van der Waals surface area contributed by atoms with Crippen LogP contribution >= 0.6 is 12.2 Å². The monoisotopic (exact) mass is 358 g/mol. The van der Waals surface area contributed by atoms with E-state index in [4.69, 9.17) is 17.0 Å². The molecule has 1 aliphatic heterocycles. The summed E-state index contributed by atoms with van der Waals surface area (Å²) < 4.78 is 18.3. The fourth-order valence-electron chi connectivity index (χ4n) is 2.43. The summed E-state index contributed by atoms with van der Waals surface area (Å²) >= 11 is 5.20. The molecule has 1 aliphatic rings. The van der Waals surface area contributed by atoms with Crippen molar-refractivity contribution in [2.45, 2.75) is 6.92 Å². The van der Waals surface area contributed by atoms with Gasteiger partial charge >= 0.3 is 0 Å². The molecule has 5 nitrogen and oxygen atoms in total. The normalized spacial score (nSPS) is 15.6. The summed E-state index contributed by atoms with van der Waals surface area (Å²) in [4.78, 5) is 13.9. The van der Waals surface area contributed by atoms with Gasteiger partial charge in [-0.3, -0.25) is 9.69 Å². The minimum absolute atomic E-state index is 0.0142. The van der Waals surface area contributed by atoms with Crippen LogP contribution in [0.1, 0.15) is 12.5 Å². The molecule has 0 unspecified atom stereocenters. The minimum Gasteiger partial charge on any atom is -0.504 e. The Bertz CT molecular complexity index is 865. The van der Waals surface area contributed by atoms with Crippen molar-refractivity contribution in [3.63, 3.8) is 0 Å². The summed E-state index contributed by atoms with van der Waals surface area (Å²) in [5.74, 6) is -0.390. The zero-order valence-electron chi connectivity index (χ0n) is 13.3. The molecule has 1 saturated heterocycles. The molecule has 1 amide bonds. The van der Waals surface area contributed by atoms with Crippen LogP contribution in [0.2, 0.25) is 0 Å². The van der Waals surface area contributed by atoms with Crippen LogP contribution in [-0.4, -0.2) is 22.7 Å². The number of hydrogen-bond acceptors (Lipinski definition) is 4. The van der Waals surface area contributed by atoms with Gasteiger partial charge in [0.25, 0.3) is 5.91 Å².